The number of carbonyl (C=O) groups excluding carboxylic acids is 3. The first-order valence-corrected chi connectivity index (χ1v) is 12.1. The summed E-state index contributed by atoms with van der Waals surface area (Å²) in [6, 6.07) is 13.6. The quantitative estimate of drug-likeness (QED) is 0.402. The van der Waals surface area contributed by atoms with Gasteiger partial charge in [-0.2, -0.15) is 0 Å². The summed E-state index contributed by atoms with van der Waals surface area (Å²) in [7, 11) is 2.91. The van der Waals surface area contributed by atoms with Crippen molar-refractivity contribution in [2.45, 2.75) is 18.4 Å². The highest BCUT2D eigenvalue weighted by molar-refractivity contribution is 6.30. The van der Waals surface area contributed by atoms with E-state index in [0.717, 1.165) is 11.1 Å². The van der Waals surface area contributed by atoms with Crippen molar-refractivity contribution in [2.24, 2.45) is 0 Å². The zero-order chi connectivity index (χ0) is 27.3. The molecule has 0 radical (unpaired) electrons. The number of ether oxygens (including phenoxy) is 2. The minimum atomic E-state index is -1.37. The third-order valence-corrected chi connectivity index (χ3v) is 6.76. The maximum absolute atomic E-state index is 15.2. The molecule has 1 saturated heterocycles. The van der Waals surface area contributed by atoms with Crippen molar-refractivity contribution in [3.8, 4) is 11.3 Å². The number of anilines is 2. The van der Waals surface area contributed by atoms with Gasteiger partial charge in [0, 0.05) is 43.1 Å². The first-order valence-electron chi connectivity index (χ1n) is 11.8. The van der Waals surface area contributed by atoms with E-state index in [1.165, 1.54) is 13.2 Å². The fourth-order valence-corrected chi connectivity index (χ4v) is 4.73. The molecule has 2 N–H and O–H groups in total. The number of benzene rings is 2. The Bertz CT molecular complexity index is 1350. The average Bonchev–Trinajstić information content (AvgIpc) is 3.35. The van der Waals surface area contributed by atoms with E-state index >= 15 is 4.39 Å². The van der Waals surface area contributed by atoms with Crippen LogP contribution in [0, 0.1) is 5.82 Å². The predicted octanol–water partition coefficient (Wildman–Crippen LogP) is 4.60. The number of hydrogen-bond donors (Lipinski definition) is 2. The summed E-state index contributed by atoms with van der Waals surface area (Å²) in [6.07, 6.45) is 1.34. The van der Waals surface area contributed by atoms with Gasteiger partial charge in [-0.05, 0) is 42.0 Å². The Morgan fingerprint density at radius 2 is 1.97 bits per heavy atom. The van der Waals surface area contributed by atoms with E-state index in [4.69, 9.17) is 16.3 Å². The van der Waals surface area contributed by atoms with Gasteiger partial charge in [-0.1, -0.05) is 23.7 Å². The standard InChI is InChI=1S/C27H26ClFN4O5/c1-30-21-8-7-20(28)25(29)24(21)27(38-16-34)10-12-33(15-27)23(35)14-17-9-11-31-22(13-17)18-3-5-19(6-4-18)32-26(36)37-2/h3-9,11,13,16,30H,10,12,14-15H2,1-2H3,(H,32,36)/t27-/m0/s1. The Kier molecular flexibility index (Phi) is 8.11. The molecule has 1 aliphatic heterocycles. The Balaban J connectivity index is 1.51. The van der Waals surface area contributed by atoms with Crippen LogP contribution in [0.25, 0.3) is 11.3 Å². The lowest BCUT2D eigenvalue weighted by molar-refractivity contribution is -0.145. The lowest BCUT2D eigenvalue weighted by Gasteiger charge is -2.30. The first-order chi connectivity index (χ1) is 18.3. The van der Waals surface area contributed by atoms with Crippen molar-refractivity contribution in [1.29, 1.82) is 0 Å². The van der Waals surface area contributed by atoms with Crippen molar-refractivity contribution < 1.29 is 28.2 Å². The van der Waals surface area contributed by atoms with E-state index in [0.29, 0.717) is 17.1 Å². The number of pyridine rings is 1. The summed E-state index contributed by atoms with van der Waals surface area (Å²) in [5.74, 6) is -0.897. The van der Waals surface area contributed by atoms with Gasteiger partial charge in [0.05, 0.1) is 36.4 Å². The summed E-state index contributed by atoms with van der Waals surface area (Å²) in [5.41, 5.74) is 1.93. The largest absolute Gasteiger partial charge is 0.454 e. The molecule has 198 valence electrons. The Morgan fingerprint density at radius 3 is 2.66 bits per heavy atom. The molecular formula is C27H26ClFN4O5. The number of likely N-dealkylation sites (tertiary alicyclic amines) is 1. The van der Waals surface area contributed by atoms with Crippen LogP contribution >= 0.6 is 11.6 Å². The number of aromatic nitrogens is 1. The van der Waals surface area contributed by atoms with Crippen LogP contribution in [-0.4, -0.2) is 55.6 Å². The maximum Gasteiger partial charge on any atom is 0.411 e. The van der Waals surface area contributed by atoms with E-state index in [1.807, 2.05) is 6.07 Å². The second-order valence-electron chi connectivity index (χ2n) is 8.73. The molecule has 0 aliphatic carbocycles. The van der Waals surface area contributed by atoms with Gasteiger partial charge in [0.2, 0.25) is 5.91 Å². The molecule has 2 amide bonds. The SMILES string of the molecule is CNc1ccc(Cl)c(F)c1[C@]1(OC=O)CCN(C(=O)Cc2ccnc(-c3ccc(NC(=O)OC)cc3)c2)C1. The molecule has 4 rings (SSSR count). The second-order valence-corrected chi connectivity index (χ2v) is 9.13. The third kappa shape index (κ3) is 5.55. The van der Waals surface area contributed by atoms with Crippen LogP contribution in [0.2, 0.25) is 5.02 Å². The van der Waals surface area contributed by atoms with Crippen LogP contribution in [0.5, 0.6) is 0 Å². The molecule has 1 fully saturated rings. The fourth-order valence-electron chi connectivity index (χ4n) is 4.57. The van der Waals surface area contributed by atoms with Crippen molar-refractivity contribution in [1.82, 2.24) is 9.88 Å². The molecule has 1 aliphatic rings. The van der Waals surface area contributed by atoms with Gasteiger partial charge in [0.15, 0.2) is 11.4 Å². The number of hydrogen-bond acceptors (Lipinski definition) is 7. The minimum Gasteiger partial charge on any atom is -0.454 e. The lowest BCUT2D eigenvalue weighted by atomic mass is 9.90. The van der Waals surface area contributed by atoms with Gasteiger partial charge >= 0.3 is 6.09 Å². The molecule has 2 aromatic carbocycles. The lowest BCUT2D eigenvalue weighted by Crippen LogP contribution is -2.38. The molecule has 3 aromatic rings. The van der Waals surface area contributed by atoms with Crippen molar-refractivity contribution in [3.63, 3.8) is 0 Å². The fraction of sp³-hybridized carbons (Fsp3) is 0.259. The van der Waals surface area contributed by atoms with Gasteiger partial charge in [0.25, 0.3) is 6.47 Å². The topological polar surface area (TPSA) is 110 Å². The highest BCUT2D eigenvalue weighted by Crippen LogP contribution is 2.42. The molecule has 11 heteroatoms. The van der Waals surface area contributed by atoms with Crippen molar-refractivity contribution in [2.75, 3.05) is 37.9 Å². The Labute approximate surface area is 223 Å². The monoisotopic (exact) mass is 540 g/mol. The molecule has 1 atom stereocenters. The highest BCUT2D eigenvalue weighted by Gasteiger charge is 2.47. The number of nitrogens with one attached hydrogen (secondary N) is 2. The van der Waals surface area contributed by atoms with Gasteiger partial charge in [-0.3, -0.25) is 19.9 Å². The van der Waals surface area contributed by atoms with Crippen LogP contribution in [-0.2, 0) is 31.1 Å². The van der Waals surface area contributed by atoms with E-state index < -0.39 is 17.5 Å². The number of amides is 2. The summed E-state index contributed by atoms with van der Waals surface area (Å²) in [6.45, 7) is 0.534. The summed E-state index contributed by atoms with van der Waals surface area (Å²) < 4.78 is 25.2. The van der Waals surface area contributed by atoms with E-state index in [2.05, 4.69) is 20.4 Å². The summed E-state index contributed by atoms with van der Waals surface area (Å²) >= 11 is 6.04. The zero-order valence-corrected chi connectivity index (χ0v) is 21.5. The van der Waals surface area contributed by atoms with Gasteiger partial charge in [0.1, 0.15) is 0 Å². The number of carbonyl (C=O) groups is 3. The van der Waals surface area contributed by atoms with Crippen molar-refractivity contribution in [3.05, 3.63) is 76.7 Å². The molecule has 0 unspecified atom stereocenters. The number of methoxy groups -OCH3 is 1. The maximum atomic E-state index is 15.2. The molecular weight excluding hydrogens is 515 g/mol. The van der Waals surface area contributed by atoms with Crippen LogP contribution in [0.1, 0.15) is 17.5 Å². The molecule has 2 heterocycles. The minimum absolute atomic E-state index is 0.0108. The molecule has 0 spiro atoms. The van der Waals surface area contributed by atoms with Gasteiger partial charge in [-0.15, -0.1) is 0 Å². The van der Waals surface area contributed by atoms with E-state index in [1.54, 1.807) is 54.5 Å². The van der Waals surface area contributed by atoms with E-state index in [-0.39, 0.29) is 48.9 Å². The van der Waals surface area contributed by atoms with E-state index in [9.17, 15) is 14.4 Å². The second kappa shape index (κ2) is 11.5. The van der Waals surface area contributed by atoms with Crippen LogP contribution in [0.3, 0.4) is 0 Å². The summed E-state index contributed by atoms with van der Waals surface area (Å²) in [4.78, 5) is 42.0. The normalized spacial score (nSPS) is 16.6. The molecule has 38 heavy (non-hydrogen) atoms. The molecule has 0 saturated carbocycles. The van der Waals surface area contributed by atoms with Gasteiger partial charge in [-0.25, -0.2) is 9.18 Å². The highest BCUT2D eigenvalue weighted by atomic mass is 35.5. The number of nitrogens with zero attached hydrogens (tertiary/aromatic N) is 2. The number of rotatable bonds is 8. The first kappa shape index (κ1) is 26.9. The molecule has 9 nitrogen and oxygen atoms in total. The Morgan fingerprint density at radius 1 is 1.21 bits per heavy atom. The summed E-state index contributed by atoms with van der Waals surface area (Å²) in [5, 5.41) is 5.39. The number of halogens is 2. The third-order valence-electron chi connectivity index (χ3n) is 6.47. The molecule has 1 aromatic heterocycles. The van der Waals surface area contributed by atoms with Crippen LogP contribution in [0.15, 0.2) is 54.7 Å². The Hall–Kier alpha value is -4.18. The zero-order valence-electron chi connectivity index (χ0n) is 20.8. The predicted molar refractivity (Wildman–Crippen MR) is 140 cm³/mol. The van der Waals surface area contributed by atoms with Gasteiger partial charge < -0.3 is 19.7 Å². The average molecular weight is 541 g/mol. The van der Waals surface area contributed by atoms with Crippen LogP contribution < -0.4 is 10.6 Å². The van der Waals surface area contributed by atoms with Crippen LogP contribution in [0.4, 0.5) is 20.6 Å². The van der Waals surface area contributed by atoms with Crippen molar-refractivity contribution >= 4 is 41.4 Å². The molecule has 0 bridgehead atoms. The smallest absolute Gasteiger partial charge is 0.411 e.